The summed E-state index contributed by atoms with van der Waals surface area (Å²) in [5, 5.41) is 5.04. The summed E-state index contributed by atoms with van der Waals surface area (Å²) in [7, 11) is 0. The second kappa shape index (κ2) is 6.40. The minimum Gasteiger partial charge on any atom is -0.319 e. The van der Waals surface area contributed by atoms with Crippen LogP contribution in [0, 0.1) is 5.92 Å². The highest BCUT2D eigenvalue weighted by molar-refractivity contribution is 6.09. The molecule has 26 heavy (non-hydrogen) atoms. The molecule has 0 saturated carbocycles. The first-order chi connectivity index (χ1) is 12.5. The number of urea groups is 1. The molecule has 2 aromatic rings. The van der Waals surface area contributed by atoms with Gasteiger partial charge in [-0.2, -0.15) is 0 Å². The van der Waals surface area contributed by atoms with Crippen molar-refractivity contribution >= 4 is 22.7 Å². The van der Waals surface area contributed by atoms with Crippen LogP contribution in [0.4, 0.5) is 4.79 Å². The Kier molecular flexibility index (Phi) is 4.19. The number of nitrogens with zero attached hydrogens (tertiary/aromatic N) is 1. The second-order valence-electron chi connectivity index (χ2n) is 7.91. The fourth-order valence-electron chi connectivity index (χ4n) is 4.24. The number of imide groups is 1. The van der Waals surface area contributed by atoms with Gasteiger partial charge in [0.1, 0.15) is 5.54 Å². The summed E-state index contributed by atoms with van der Waals surface area (Å²) < 4.78 is 0. The van der Waals surface area contributed by atoms with E-state index in [0.29, 0.717) is 6.67 Å². The predicted octanol–water partition coefficient (Wildman–Crippen LogP) is 1.88. The summed E-state index contributed by atoms with van der Waals surface area (Å²) >= 11 is 0. The molecule has 0 unspecified atom stereocenters. The van der Waals surface area contributed by atoms with Gasteiger partial charge in [-0.3, -0.25) is 4.79 Å². The molecule has 136 valence electrons. The number of quaternary nitrogens is 1. The Balaban J connectivity index is 1.63. The third kappa shape index (κ3) is 2.76. The number of amides is 3. The van der Waals surface area contributed by atoms with Crippen molar-refractivity contribution in [3.8, 4) is 0 Å². The number of benzene rings is 2. The Morgan fingerprint density at radius 2 is 1.81 bits per heavy atom. The van der Waals surface area contributed by atoms with Crippen molar-refractivity contribution in [1.82, 2.24) is 10.2 Å². The molecule has 4 rings (SSSR count). The molecule has 1 atom stereocenters. The van der Waals surface area contributed by atoms with Crippen LogP contribution in [0.1, 0.15) is 32.3 Å². The topological polar surface area (TPSA) is 53.9 Å². The van der Waals surface area contributed by atoms with Crippen molar-refractivity contribution < 1.29 is 14.5 Å². The van der Waals surface area contributed by atoms with E-state index in [0.717, 1.165) is 48.2 Å². The average molecular weight is 352 g/mol. The van der Waals surface area contributed by atoms with Crippen LogP contribution in [0.2, 0.25) is 0 Å². The van der Waals surface area contributed by atoms with Crippen LogP contribution >= 0.6 is 0 Å². The smallest absolute Gasteiger partial charge is 0.319 e. The number of carbonyl (C=O) groups excluding carboxylic acids is 2. The summed E-state index contributed by atoms with van der Waals surface area (Å²) in [5.41, 5.74) is -0.154. The first-order valence-corrected chi connectivity index (χ1v) is 9.45. The zero-order valence-corrected chi connectivity index (χ0v) is 15.4. The molecule has 2 saturated heterocycles. The molecule has 0 aromatic heterocycles. The quantitative estimate of drug-likeness (QED) is 0.829. The number of likely N-dealkylation sites (tertiary alicyclic amines) is 1. The van der Waals surface area contributed by atoms with E-state index in [2.05, 4.69) is 12.2 Å². The van der Waals surface area contributed by atoms with Gasteiger partial charge in [-0.1, -0.05) is 49.4 Å². The van der Waals surface area contributed by atoms with Crippen molar-refractivity contribution in [3.63, 3.8) is 0 Å². The van der Waals surface area contributed by atoms with Crippen LogP contribution in [-0.2, 0) is 10.3 Å². The van der Waals surface area contributed by atoms with E-state index in [4.69, 9.17) is 0 Å². The number of hydrogen-bond donors (Lipinski definition) is 2. The summed E-state index contributed by atoms with van der Waals surface area (Å²) in [6.07, 6.45) is 2.30. The Morgan fingerprint density at radius 1 is 1.12 bits per heavy atom. The SMILES string of the molecule is CC1CC[NH+](CN2C(=O)N[C@](C)(c3cccc4ccccc34)C2=O)CC1. The van der Waals surface area contributed by atoms with Gasteiger partial charge in [0.2, 0.25) is 0 Å². The molecule has 0 radical (unpaired) electrons. The van der Waals surface area contributed by atoms with Gasteiger partial charge in [-0.05, 0) is 42.0 Å². The standard InChI is InChI=1S/C21H25N3O2/c1-15-10-12-23(13-11-15)14-24-19(25)21(2,22-20(24)26)18-9-5-7-16-6-3-4-8-17(16)18/h3-9,15H,10-14H2,1-2H3,(H,22,26)/p+1/t21-/m1/s1. The number of fused-ring (bicyclic) bond motifs is 1. The molecule has 5 heteroatoms. The van der Waals surface area contributed by atoms with Crippen molar-refractivity contribution in [2.45, 2.75) is 32.2 Å². The van der Waals surface area contributed by atoms with Gasteiger partial charge >= 0.3 is 6.03 Å². The lowest BCUT2D eigenvalue weighted by atomic mass is 9.88. The lowest BCUT2D eigenvalue weighted by Gasteiger charge is -2.30. The summed E-state index contributed by atoms with van der Waals surface area (Å²) in [4.78, 5) is 28.6. The fourth-order valence-corrected chi connectivity index (χ4v) is 4.24. The van der Waals surface area contributed by atoms with Crippen LogP contribution in [0.15, 0.2) is 42.5 Å². The van der Waals surface area contributed by atoms with Gasteiger partial charge in [0, 0.05) is 0 Å². The number of piperidine rings is 1. The van der Waals surface area contributed by atoms with Crippen LogP contribution < -0.4 is 10.2 Å². The van der Waals surface area contributed by atoms with E-state index < -0.39 is 5.54 Å². The Morgan fingerprint density at radius 3 is 2.58 bits per heavy atom. The lowest BCUT2D eigenvalue weighted by molar-refractivity contribution is -0.913. The van der Waals surface area contributed by atoms with Crippen molar-refractivity contribution in [2.24, 2.45) is 5.92 Å². The second-order valence-corrected chi connectivity index (χ2v) is 7.91. The highest BCUT2D eigenvalue weighted by Gasteiger charge is 2.50. The average Bonchev–Trinajstić information content (AvgIpc) is 2.87. The Bertz CT molecular complexity index is 852. The van der Waals surface area contributed by atoms with E-state index in [9.17, 15) is 9.59 Å². The number of carbonyl (C=O) groups is 2. The van der Waals surface area contributed by atoms with Crippen LogP contribution in [0.5, 0.6) is 0 Å². The number of hydrogen-bond acceptors (Lipinski definition) is 2. The van der Waals surface area contributed by atoms with E-state index in [1.807, 2.05) is 49.4 Å². The monoisotopic (exact) mass is 352 g/mol. The van der Waals surface area contributed by atoms with Gasteiger partial charge in [0.15, 0.2) is 6.67 Å². The maximum absolute atomic E-state index is 13.2. The minimum atomic E-state index is -1.01. The highest BCUT2D eigenvalue weighted by atomic mass is 16.2. The first-order valence-electron chi connectivity index (χ1n) is 9.45. The molecule has 5 nitrogen and oxygen atoms in total. The molecular weight excluding hydrogens is 326 g/mol. The molecule has 3 amide bonds. The molecular formula is C21H26N3O2+. The molecule has 2 fully saturated rings. The molecule has 2 heterocycles. The zero-order chi connectivity index (χ0) is 18.3. The maximum Gasteiger partial charge on any atom is 0.329 e. The van der Waals surface area contributed by atoms with E-state index in [1.54, 1.807) is 0 Å². The molecule has 0 spiro atoms. The molecule has 2 aliphatic heterocycles. The van der Waals surface area contributed by atoms with Crippen LogP contribution in [0.3, 0.4) is 0 Å². The lowest BCUT2D eigenvalue weighted by Crippen LogP contribution is -3.14. The van der Waals surface area contributed by atoms with Crippen LogP contribution in [-0.4, -0.2) is 36.6 Å². The largest absolute Gasteiger partial charge is 0.329 e. The van der Waals surface area contributed by atoms with Crippen molar-refractivity contribution in [1.29, 1.82) is 0 Å². The predicted molar refractivity (Wildman–Crippen MR) is 101 cm³/mol. The summed E-state index contributed by atoms with van der Waals surface area (Å²) in [5.74, 6) is 0.591. The first kappa shape index (κ1) is 17.0. The summed E-state index contributed by atoms with van der Waals surface area (Å²) in [6.45, 7) is 6.58. The van der Waals surface area contributed by atoms with E-state index >= 15 is 0 Å². The van der Waals surface area contributed by atoms with Gasteiger partial charge in [-0.25, -0.2) is 9.69 Å². The number of nitrogens with one attached hydrogen (secondary N) is 2. The Hall–Kier alpha value is -2.40. The molecule has 0 aliphatic carbocycles. The molecule has 2 aliphatic rings. The van der Waals surface area contributed by atoms with E-state index in [-0.39, 0.29) is 11.9 Å². The van der Waals surface area contributed by atoms with Gasteiger partial charge in [0.05, 0.1) is 13.1 Å². The molecule has 2 aromatic carbocycles. The van der Waals surface area contributed by atoms with Crippen molar-refractivity contribution in [2.75, 3.05) is 19.8 Å². The minimum absolute atomic E-state index is 0.148. The maximum atomic E-state index is 13.2. The normalized spacial score (nSPS) is 29.2. The van der Waals surface area contributed by atoms with Gasteiger partial charge in [-0.15, -0.1) is 0 Å². The summed E-state index contributed by atoms with van der Waals surface area (Å²) in [6, 6.07) is 13.6. The zero-order valence-electron chi connectivity index (χ0n) is 15.4. The van der Waals surface area contributed by atoms with Crippen molar-refractivity contribution in [3.05, 3.63) is 48.0 Å². The fraction of sp³-hybridized carbons (Fsp3) is 0.429. The Labute approximate surface area is 154 Å². The molecule has 2 N–H and O–H groups in total. The van der Waals surface area contributed by atoms with E-state index in [1.165, 1.54) is 9.80 Å². The third-order valence-electron chi connectivity index (χ3n) is 5.97. The van der Waals surface area contributed by atoms with Crippen LogP contribution in [0.25, 0.3) is 10.8 Å². The van der Waals surface area contributed by atoms with Gasteiger partial charge < -0.3 is 10.2 Å². The third-order valence-corrected chi connectivity index (χ3v) is 5.97. The molecule has 0 bridgehead atoms. The number of rotatable bonds is 3. The van der Waals surface area contributed by atoms with Gasteiger partial charge in [0.25, 0.3) is 5.91 Å². The highest BCUT2D eigenvalue weighted by Crippen LogP contribution is 2.33.